The van der Waals surface area contributed by atoms with E-state index in [9.17, 15) is 4.79 Å². The second-order valence-electron chi connectivity index (χ2n) is 2.73. The van der Waals surface area contributed by atoms with Crippen LogP contribution in [0.15, 0.2) is 29.8 Å². The Kier molecular flexibility index (Phi) is 2.07. The second kappa shape index (κ2) is 3.23. The summed E-state index contributed by atoms with van der Waals surface area (Å²) >= 11 is 5.79. The average molecular weight is 195 g/mol. The minimum atomic E-state index is -0.660. The van der Waals surface area contributed by atoms with E-state index in [0.29, 0.717) is 17.6 Å². The first-order chi connectivity index (χ1) is 6.31. The Balaban J connectivity index is 2.49. The molecule has 0 N–H and O–H groups in total. The topological polar surface area (TPSA) is 26.3 Å². The number of fused-ring (bicyclic) bond motifs is 1. The van der Waals surface area contributed by atoms with Crippen LogP contribution < -0.4 is 4.74 Å². The van der Waals surface area contributed by atoms with Crippen molar-refractivity contribution in [3.63, 3.8) is 0 Å². The van der Waals surface area contributed by atoms with Crippen LogP contribution in [0.1, 0.15) is 5.56 Å². The first kappa shape index (κ1) is 8.32. The van der Waals surface area contributed by atoms with Crippen LogP contribution in [0.5, 0.6) is 5.75 Å². The Labute approximate surface area is 80.8 Å². The highest BCUT2D eigenvalue weighted by molar-refractivity contribution is 6.24. The molecule has 66 valence electrons. The number of aldehydes is 1. The highest BCUT2D eigenvalue weighted by Gasteiger charge is 2.18. The molecule has 0 fully saturated rings. The van der Waals surface area contributed by atoms with Crippen LogP contribution in [-0.4, -0.2) is 11.8 Å². The minimum Gasteiger partial charge on any atom is -0.470 e. The normalized spacial score (nSPS) is 19.8. The molecule has 0 radical (unpaired) electrons. The van der Waals surface area contributed by atoms with Crippen molar-refractivity contribution in [3.8, 4) is 5.75 Å². The zero-order valence-electron chi connectivity index (χ0n) is 6.74. The molecule has 0 saturated carbocycles. The molecule has 2 rings (SSSR count). The molecule has 1 aliphatic heterocycles. The Morgan fingerprint density at radius 1 is 1.38 bits per heavy atom. The zero-order valence-corrected chi connectivity index (χ0v) is 7.49. The predicted molar refractivity (Wildman–Crippen MR) is 50.8 cm³/mol. The van der Waals surface area contributed by atoms with Crippen molar-refractivity contribution >= 4 is 24.0 Å². The van der Waals surface area contributed by atoms with Crippen molar-refractivity contribution in [2.24, 2.45) is 0 Å². The molecule has 0 saturated heterocycles. The molecule has 0 aromatic heterocycles. The summed E-state index contributed by atoms with van der Waals surface area (Å²) in [4.78, 5) is 10.5. The quantitative estimate of drug-likeness (QED) is 0.506. The number of carbonyl (C=O) groups is 1. The molecule has 1 heterocycles. The molecule has 13 heavy (non-hydrogen) atoms. The SMILES string of the molecule is O=CC1=Cc2ccccc2OC1Cl. The summed E-state index contributed by atoms with van der Waals surface area (Å²) in [6.07, 6.45) is 2.46. The molecule has 3 heteroatoms. The monoisotopic (exact) mass is 194 g/mol. The van der Waals surface area contributed by atoms with Crippen LogP contribution in [0, 0.1) is 0 Å². The van der Waals surface area contributed by atoms with Gasteiger partial charge in [0.1, 0.15) is 5.75 Å². The summed E-state index contributed by atoms with van der Waals surface area (Å²) in [5.74, 6) is 0.716. The van der Waals surface area contributed by atoms with Gasteiger partial charge >= 0.3 is 0 Å². The van der Waals surface area contributed by atoms with Crippen molar-refractivity contribution in [1.82, 2.24) is 0 Å². The van der Waals surface area contributed by atoms with Crippen LogP contribution in [0.4, 0.5) is 0 Å². The van der Waals surface area contributed by atoms with E-state index in [-0.39, 0.29) is 0 Å². The smallest absolute Gasteiger partial charge is 0.200 e. The van der Waals surface area contributed by atoms with Crippen LogP contribution in [-0.2, 0) is 4.79 Å². The molecule has 1 atom stereocenters. The van der Waals surface area contributed by atoms with Crippen molar-refractivity contribution < 1.29 is 9.53 Å². The van der Waals surface area contributed by atoms with Crippen LogP contribution >= 0.6 is 11.6 Å². The molecule has 0 amide bonds. The second-order valence-corrected chi connectivity index (χ2v) is 3.13. The molecule has 0 bridgehead atoms. The molecule has 1 aromatic carbocycles. The molecule has 0 aliphatic carbocycles. The first-order valence-corrected chi connectivity index (χ1v) is 4.31. The number of rotatable bonds is 1. The molecule has 1 aliphatic rings. The van der Waals surface area contributed by atoms with Gasteiger partial charge in [-0.05, 0) is 12.1 Å². The third-order valence-corrected chi connectivity index (χ3v) is 2.21. The maximum absolute atomic E-state index is 10.5. The standard InChI is InChI=1S/C10H7ClO2/c11-10-8(6-12)5-7-3-1-2-4-9(7)13-10/h1-6,10H. The fourth-order valence-electron chi connectivity index (χ4n) is 1.22. The van der Waals surface area contributed by atoms with E-state index < -0.39 is 5.56 Å². The molecule has 0 spiro atoms. The van der Waals surface area contributed by atoms with E-state index in [2.05, 4.69) is 0 Å². The van der Waals surface area contributed by atoms with E-state index >= 15 is 0 Å². The predicted octanol–water partition coefficient (Wildman–Crippen LogP) is 2.23. The van der Waals surface area contributed by atoms with Gasteiger partial charge in [0.2, 0.25) is 5.56 Å². The molecule has 2 nitrogen and oxygen atoms in total. The van der Waals surface area contributed by atoms with Crippen LogP contribution in [0.25, 0.3) is 6.08 Å². The highest BCUT2D eigenvalue weighted by Crippen LogP contribution is 2.29. The number of para-hydroxylation sites is 1. The average Bonchev–Trinajstić information content (AvgIpc) is 2.17. The third-order valence-electron chi connectivity index (χ3n) is 1.87. The maximum Gasteiger partial charge on any atom is 0.200 e. The fourth-order valence-corrected chi connectivity index (χ4v) is 1.43. The lowest BCUT2D eigenvalue weighted by Gasteiger charge is -2.19. The molecular weight excluding hydrogens is 188 g/mol. The Hall–Kier alpha value is -1.28. The van der Waals surface area contributed by atoms with E-state index in [4.69, 9.17) is 16.3 Å². The van der Waals surface area contributed by atoms with Crippen LogP contribution in [0.3, 0.4) is 0 Å². The van der Waals surface area contributed by atoms with Gasteiger partial charge in [-0.1, -0.05) is 29.8 Å². The number of hydrogen-bond donors (Lipinski definition) is 0. The maximum atomic E-state index is 10.5. The number of benzene rings is 1. The van der Waals surface area contributed by atoms with Gasteiger partial charge in [-0.15, -0.1) is 0 Å². The fraction of sp³-hybridized carbons (Fsp3) is 0.100. The Bertz CT molecular complexity index is 371. The first-order valence-electron chi connectivity index (χ1n) is 3.88. The lowest BCUT2D eigenvalue weighted by Crippen LogP contribution is -2.16. The number of ether oxygens (including phenoxy) is 1. The van der Waals surface area contributed by atoms with Gasteiger partial charge in [0.05, 0.1) is 0 Å². The van der Waals surface area contributed by atoms with Gasteiger partial charge in [-0.2, -0.15) is 0 Å². The summed E-state index contributed by atoms with van der Waals surface area (Å²) in [5, 5.41) is 0. The summed E-state index contributed by atoms with van der Waals surface area (Å²) in [5.41, 5.74) is 0.689. The third kappa shape index (κ3) is 1.45. The number of alkyl halides is 1. The van der Waals surface area contributed by atoms with Gasteiger partial charge < -0.3 is 4.74 Å². The van der Waals surface area contributed by atoms with Crippen molar-refractivity contribution in [2.45, 2.75) is 5.56 Å². The van der Waals surface area contributed by atoms with E-state index in [1.54, 1.807) is 6.08 Å². The number of hydrogen-bond acceptors (Lipinski definition) is 2. The summed E-state index contributed by atoms with van der Waals surface area (Å²) in [6, 6.07) is 7.45. The number of carbonyl (C=O) groups excluding carboxylic acids is 1. The van der Waals surface area contributed by atoms with Crippen molar-refractivity contribution in [3.05, 3.63) is 35.4 Å². The van der Waals surface area contributed by atoms with Crippen LogP contribution in [0.2, 0.25) is 0 Å². The summed E-state index contributed by atoms with van der Waals surface area (Å²) in [7, 11) is 0. The molecule has 1 unspecified atom stereocenters. The lowest BCUT2D eigenvalue weighted by atomic mass is 10.1. The summed E-state index contributed by atoms with van der Waals surface area (Å²) in [6.45, 7) is 0. The van der Waals surface area contributed by atoms with Gasteiger partial charge in [0.15, 0.2) is 6.29 Å². The van der Waals surface area contributed by atoms with Gasteiger partial charge in [0, 0.05) is 11.1 Å². The van der Waals surface area contributed by atoms with E-state index in [1.807, 2.05) is 24.3 Å². The van der Waals surface area contributed by atoms with Crippen molar-refractivity contribution in [1.29, 1.82) is 0 Å². The molecular formula is C10H7ClO2. The van der Waals surface area contributed by atoms with Gasteiger partial charge in [0.25, 0.3) is 0 Å². The highest BCUT2D eigenvalue weighted by atomic mass is 35.5. The lowest BCUT2D eigenvalue weighted by molar-refractivity contribution is -0.105. The van der Waals surface area contributed by atoms with Gasteiger partial charge in [-0.25, -0.2) is 0 Å². The zero-order chi connectivity index (χ0) is 9.26. The van der Waals surface area contributed by atoms with E-state index in [0.717, 1.165) is 5.56 Å². The van der Waals surface area contributed by atoms with Crippen molar-refractivity contribution in [2.75, 3.05) is 0 Å². The van der Waals surface area contributed by atoms with E-state index in [1.165, 1.54) is 0 Å². The summed E-state index contributed by atoms with van der Waals surface area (Å²) < 4.78 is 5.30. The van der Waals surface area contributed by atoms with Gasteiger partial charge in [-0.3, -0.25) is 4.79 Å². The number of halogens is 1. The molecule has 1 aromatic rings. The largest absolute Gasteiger partial charge is 0.470 e. The minimum absolute atomic E-state index is 0.459. The Morgan fingerprint density at radius 2 is 2.15 bits per heavy atom. The Morgan fingerprint density at radius 3 is 2.92 bits per heavy atom.